The van der Waals surface area contributed by atoms with Gasteiger partial charge in [-0.05, 0) is 32.1 Å². The molecule has 0 aliphatic rings. The van der Waals surface area contributed by atoms with Gasteiger partial charge in [0, 0.05) is 6.42 Å². The molecule has 0 radical (unpaired) electrons. The molecule has 0 atom stereocenters. The molecular weight excluding hydrogens is 287 g/mol. The number of anilines is 1. The van der Waals surface area contributed by atoms with E-state index in [0.29, 0.717) is 19.0 Å². The summed E-state index contributed by atoms with van der Waals surface area (Å²) in [5.74, 6) is -5.55. The number of hydrogen-bond donors (Lipinski definition) is 3. The average molecular weight is 303 g/mol. The van der Waals surface area contributed by atoms with E-state index in [1.165, 1.54) is 0 Å². The lowest BCUT2D eigenvalue weighted by Gasteiger charge is -2.08. The first-order valence-corrected chi connectivity index (χ1v) is 6.30. The predicted octanol–water partition coefficient (Wildman–Crippen LogP) is 1.16. The maximum absolute atomic E-state index is 13.3. The lowest BCUT2D eigenvalue weighted by atomic mass is 10.2. The van der Waals surface area contributed by atoms with Gasteiger partial charge in [-0.15, -0.1) is 0 Å². The highest BCUT2D eigenvalue weighted by molar-refractivity contribution is 5.94. The summed E-state index contributed by atoms with van der Waals surface area (Å²) in [6.07, 6.45) is 0.857. The number of halogens is 3. The Morgan fingerprint density at radius 2 is 1.81 bits per heavy atom. The molecule has 0 aliphatic carbocycles. The van der Waals surface area contributed by atoms with Crippen LogP contribution in [0, 0.1) is 17.5 Å². The third-order valence-corrected chi connectivity index (χ3v) is 2.59. The minimum atomic E-state index is -1.66. The maximum Gasteiger partial charge on any atom is 0.243 e. The van der Waals surface area contributed by atoms with Crippen LogP contribution < -0.4 is 16.0 Å². The number of carbonyl (C=O) groups excluding carboxylic acids is 2. The third kappa shape index (κ3) is 5.42. The summed E-state index contributed by atoms with van der Waals surface area (Å²) in [6.45, 7) is 0.288. The third-order valence-electron chi connectivity index (χ3n) is 2.59. The molecule has 5 nitrogen and oxygen atoms in total. The fourth-order valence-electron chi connectivity index (χ4n) is 1.51. The molecule has 2 amide bonds. The van der Waals surface area contributed by atoms with Crippen molar-refractivity contribution in [2.45, 2.75) is 12.8 Å². The van der Waals surface area contributed by atoms with Crippen LogP contribution in [0.2, 0.25) is 0 Å². The van der Waals surface area contributed by atoms with Crippen molar-refractivity contribution in [1.29, 1.82) is 0 Å². The highest BCUT2D eigenvalue weighted by Gasteiger charge is 2.15. The van der Waals surface area contributed by atoms with E-state index in [4.69, 9.17) is 0 Å². The molecule has 1 aromatic rings. The van der Waals surface area contributed by atoms with E-state index in [0.717, 1.165) is 6.07 Å². The Morgan fingerprint density at radius 1 is 1.10 bits per heavy atom. The Labute approximate surface area is 119 Å². The Kier molecular flexibility index (Phi) is 6.67. The first kappa shape index (κ1) is 17.0. The fraction of sp³-hybridized carbons (Fsp3) is 0.385. The van der Waals surface area contributed by atoms with Crippen LogP contribution in [-0.4, -0.2) is 32.0 Å². The molecule has 0 spiro atoms. The number of carbonyl (C=O) groups is 2. The van der Waals surface area contributed by atoms with Gasteiger partial charge in [0.05, 0.1) is 12.2 Å². The Balaban J connectivity index is 2.44. The van der Waals surface area contributed by atoms with Crippen LogP contribution in [0.5, 0.6) is 0 Å². The largest absolute Gasteiger partial charge is 0.347 e. The van der Waals surface area contributed by atoms with Crippen LogP contribution in [0.15, 0.2) is 12.1 Å². The SMILES string of the molecule is CNCCCC(=O)NCC(=O)Nc1ccc(F)c(F)c1F. The molecule has 0 unspecified atom stereocenters. The summed E-state index contributed by atoms with van der Waals surface area (Å²) in [7, 11) is 1.75. The average Bonchev–Trinajstić information content (AvgIpc) is 2.46. The smallest absolute Gasteiger partial charge is 0.243 e. The van der Waals surface area contributed by atoms with E-state index in [-0.39, 0.29) is 18.9 Å². The van der Waals surface area contributed by atoms with Gasteiger partial charge in [-0.1, -0.05) is 0 Å². The van der Waals surface area contributed by atoms with Crippen LogP contribution in [-0.2, 0) is 9.59 Å². The van der Waals surface area contributed by atoms with Crippen LogP contribution >= 0.6 is 0 Å². The fourth-order valence-corrected chi connectivity index (χ4v) is 1.51. The minimum absolute atomic E-state index is 0.244. The van der Waals surface area contributed by atoms with Gasteiger partial charge in [0.25, 0.3) is 0 Å². The topological polar surface area (TPSA) is 70.2 Å². The molecule has 0 bridgehead atoms. The molecule has 8 heteroatoms. The Morgan fingerprint density at radius 3 is 2.48 bits per heavy atom. The highest BCUT2D eigenvalue weighted by Crippen LogP contribution is 2.19. The van der Waals surface area contributed by atoms with Crippen molar-refractivity contribution < 1.29 is 22.8 Å². The van der Waals surface area contributed by atoms with Gasteiger partial charge in [0.1, 0.15) is 0 Å². The lowest BCUT2D eigenvalue weighted by molar-refractivity contribution is -0.124. The quantitative estimate of drug-likeness (QED) is 0.523. The summed E-state index contributed by atoms with van der Waals surface area (Å²) in [5.41, 5.74) is -0.483. The van der Waals surface area contributed by atoms with E-state index in [1.807, 2.05) is 0 Å². The van der Waals surface area contributed by atoms with Gasteiger partial charge in [0.2, 0.25) is 11.8 Å². The number of nitrogens with one attached hydrogen (secondary N) is 3. The maximum atomic E-state index is 13.3. The monoisotopic (exact) mass is 303 g/mol. The molecule has 0 saturated carbocycles. The summed E-state index contributed by atoms with van der Waals surface area (Å²) in [4.78, 5) is 22.8. The van der Waals surface area contributed by atoms with Crippen molar-refractivity contribution in [2.24, 2.45) is 0 Å². The second-order valence-electron chi connectivity index (χ2n) is 4.25. The van der Waals surface area contributed by atoms with Crippen molar-refractivity contribution in [1.82, 2.24) is 10.6 Å². The summed E-state index contributed by atoms with van der Waals surface area (Å²) < 4.78 is 39.0. The van der Waals surface area contributed by atoms with Crippen LogP contribution in [0.3, 0.4) is 0 Å². The molecule has 0 aromatic heterocycles. The molecule has 3 N–H and O–H groups in total. The zero-order valence-corrected chi connectivity index (χ0v) is 11.4. The molecule has 0 saturated heterocycles. The molecule has 1 aromatic carbocycles. The predicted molar refractivity (Wildman–Crippen MR) is 71.1 cm³/mol. The van der Waals surface area contributed by atoms with E-state index < -0.39 is 29.0 Å². The van der Waals surface area contributed by atoms with Gasteiger partial charge in [-0.3, -0.25) is 9.59 Å². The molecule has 116 valence electrons. The van der Waals surface area contributed by atoms with Gasteiger partial charge in [-0.25, -0.2) is 13.2 Å². The van der Waals surface area contributed by atoms with Crippen LogP contribution in [0.1, 0.15) is 12.8 Å². The highest BCUT2D eigenvalue weighted by atomic mass is 19.2. The van der Waals surface area contributed by atoms with Crippen molar-refractivity contribution in [3.8, 4) is 0 Å². The summed E-state index contributed by atoms with van der Waals surface area (Å²) in [5, 5.41) is 7.26. The summed E-state index contributed by atoms with van der Waals surface area (Å²) in [6, 6.07) is 1.60. The first-order chi connectivity index (χ1) is 9.95. The van der Waals surface area contributed by atoms with Crippen molar-refractivity contribution in [3.05, 3.63) is 29.6 Å². The molecule has 21 heavy (non-hydrogen) atoms. The van der Waals surface area contributed by atoms with Crippen molar-refractivity contribution >= 4 is 17.5 Å². The number of benzene rings is 1. The van der Waals surface area contributed by atoms with E-state index in [2.05, 4.69) is 16.0 Å². The zero-order chi connectivity index (χ0) is 15.8. The number of rotatable bonds is 7. The second-order valence-corrected chi connectivity index (χ2v) is 4.25. The Bertz CT molecular complexity index is 524. The molecule has 0 heterocycles. The van der Waals surface area contributed by atoms with Gasteiger partial charge >= 0.3 is 0 Å². The molecule has 1 rings (SSSR count). The standard InChI is InChI=1S/C13H16F3N3O2/c1-17-6-2-3-10(20)18-7-11(21)19-9-5-4-8(14)12(15)13(9)16/h4-5,17H,2-3,6-7H2,1H3,(H,18,20)(H,19,21). The second kappa shape index (κ2) is 8.25. The van der Waals surface area contributed by atoms with Gasteiger partial charge in [-0.2, -0.15) is 0 Å². The molecule has 0 aliphatic heterocycles. The lowest BCUT2D eigenvalue weighted by Crippen LogP contribution is -2.33. The van der Waals surface area contributed by atoms with E-state index >= 15 is 0 Å². The summed E-state index contributed by atoms with van der Waals surface area (Å²) >= 11 is 0. The minimum Gasteiger partial charge on any atom is -0.347 e. The molecule has 0 fully saturated rings. The van der Waals surface area contributed by atoms with Crippen LogP contribution in [0.4, 0.5) is 18.9 Å². The van der Waals surface area contributed by atoms with Gasteiger partial charge < -0.3 is 16.0 Å². The zero-order valence-electron chi connectivity index (χ0n) is 11.4. The Hall–Kier alpha value is -2.09. The number of amides is 2. The van der Waals surface area contributed by atoms with E-state index in [1.54, 1.807) is 7.05 Å². The molecular formula is C13H16F3N3O2. The normalized spacial score (nSPS) is 10.3. The van der Waals surface area contributed by atoms with E-state index in [9.17, 15) is 22.8 Å². The van der Waals surface area contributed by atoms with Gasteiger partial charge in [0.15, 0.2) is 17.5 Å². The van der Waals surface area contributed by atoms with Crippen molar-refractivity contribution in [2.75, 3.05) is 25.5 Å². The van der Waals surface area contributed by atoms with Crippen molar-refractivity contribution in [3.63, 3.8) is 0 Å². The number of hydrogen-bond acceptors (Lipinski definition) is 3. The first-order valence-electron chi connectivity index (χ1n) is 6.30. The van der Waals surface area contributed by atoms with Crippen LogP contribution in [0.25, 0.3) is 0 Å².